The lowest BCUT2D eigenvalue weighted by Crippen LogP contribution is -2.18. The van der Waals surface area contributed by atoms with E-state index >= 15 is 0 Å². The lowest BCUT2D eigenvalue weighted by Gasteiger charge is -2.16. The van der Waals surface area contributed by atoms with Crippen LogP contribution in [0.3, 0.4) is 0 Å². The van der Waals surface area contributed by atoms with Gasteiger partial charge in [0.25, 0.3) is 0 Å². The number of anilines is 1. The third-order valence-electron chi connectivity index (χ3n) is 4.53. The van der Waals surface area contributed by atoms with E-state index in [0.29, 0.717) is 11.6 Å². The summed E-state index contributed by atoms with van der Waals surface area (Å²) < 4.78 is 13.0. The van der Waals surface area contributed by atoms with Crippen molar-refractivity contribution in [3.8, 4) is 11.3 Å². The van der Waals surface area contributed by atoms with Crippen molar-refractivity contribution in [2.45, 2.75) is 37.6 Å². The van der Waals surface area contributed by atoms with Gasteiger partial charge in [0.1, 0.15) is 5.76 Å². The highest BCUT2D eigenvalue weighted by Gasteiger charge is 2.21. The lowest BCUT2D eigenvalue weighted by molar-refractivity contribution is -0.113. The summed E-state index contributed by atoms with van der Waals surface area (Å²) in [4.78, 5) is 16.8. The van der Waals surface area contributed by atoms with Gasteiger partial charge in [-0.2, -0.15) is 0 Å². The van der Waals surface area contributed by atoms with Crippen molar-refractivity contribution < 1.29 is 14.1 Å². The number of nitrogens with zero attached hydrogens (tertiary/aromatic N) is 3. The Kier molecular flexibility index (Phi) is 5.78. The Morgan fingerprint density at radius 3 is 2.93 bits per heavy atom. The highest BCUT2D eigenvalue weighted by atomic mass is 32.2. The number of benzene rings is 1. The summed E-state index contributed by atoms with van der Waals surface area (Å²) in [5, 5.41) is 7.33. The van der Waals surface area contributed by atoms with Gasteiger partial charge in [-0.05, 0) is 25.3 Å². The third kappa shape index (κ3) is 4.45. The van der Waals surface area contributed by atoms with Gasteiger partial charge in [0.2, 0.25) is 5.91 Å². The van der Waals surface area contributed by atoms with Crippen LogP contribution in [0.15, 0.2) is 52.3 Å². The quantitative estimate of drug-likeness (QED) is 0.610. The standard InChI is InChI=1S/C20H22N4O3S/c1-14-10-18(23-27-14)22-19(25)13-28-20-21-11-17(15-6-3-2-4-7-15)24(20)12-16-8-5-9-26-16/h2-4,6-7,10-11,16H,5,8-9,12-13H2,1H3,(H,22,23,25). The van der Waals surface area contributed by atoms with E-state index in [1.54, 1.807) is 13.0 Å². The van der Waals surface area contributed by atoms with E-state index in [0.717, 1.165) is 42.4 Å². The smallest absolute Gasteiger partial charge is 0.236 e. The molecule has 1 amide bonds. The molecule has 0 spiro atoms. The molecule has 146 valence electrons. The normalized spacial score (nSPS) is 16.4. The van der Waals surface area contributed by atoms with Crippen LogP contribution in [0.2, 0.25) is 0 Å². The Morgan fingerprint density at radius 2 is 2.21 bits per heavy atom. The fraction of sp³-hybridized carbons (Fsp3) is 0.350. The number of ether oxygens (including phenoxy) is 1. The summed E-state index contributed by atoms with van der Waals surface area (Å²) in [5.41, 5.74) is 2.13. The molecule has 4 rings (SSSR count). The number of imidazole rings is 1. The molecule has 3 heterocycles. The Hall–Kier alpha value is -2.58. The predicted molar refractivity (Wildman–Crippen MR) is 107 cm³/mol. The monoisotopic (exact) mass is 398 g/mol. The van der Waals surface area contributed by atoms with E-state index in [-0.39, 0.29) is 17.8 Å². The Labute approximate surface area is 167 Å². The minimum atomic E-state index is -0.147. The van der Waals surface area contributed by atoms with Gasteiger partial charge in [-0.15, -0.1) is 0 Å². The fourth-order valence-corrected chi connectivity index (χ4v) is 4.00. The molecule has 8 heteroatoms. The van der Waals surface area contributed by atoms with Crippen LogP contribution in [0.5, 0.6) is 0 Å². The summed E-state index contributed by atoms with van der Waals surface area (Å²) in [6.45, 7) is 3.32. The minimum Gasteiger partial charge on any atom is -0.376 e. The number of aromatic nitrogens is 3. The molecule has 0 aliphatic carbocycles. The maximum Gasteiger partial charge on any atom is 0.236 e. The van der Waals surface area contributed by atoms with E-state index in [9.17, 15) is 4.79 Å². The molecule has 1 aliphatic rings. The number of carbonyl (C=O) groups is 1. The van der Waals surface area contributed by atoms with Gasteiger partial charge in [-0.25, -0.2) is 4.98 Å². The maximum atomic E-state index is 12.3. The lowest BCUT2D eigenvalue weighted by atomic mass is 10.1. The average molecular weight is 398 g/mol. The van der Waals surface area contributed by atoms with Crippen LogP contribution in [0.4, 0.5) is 5.82 Å². The third-order valence-corrected chi connectivity index (χ3v) is 5.52. The van der Waals surface area contributed by atoms with Crippen LogP contribution in [-0.2, 0) is 16.1 Å². The molecule has 1 atom stereocenters. The summed E-state index contributed by atoms with van der Waals surface area (Å²) in [6, 6.07) is 11.8. The van der Waals surface area contributed by atoms with Gasteiger partial charge < -0.3 is 19.1 Å². The largest absolute Gasteiger partial charge is 0.376 e. The van der Waals surface area contributed by atoms with Crippen LogP contribution in [0, 0.1) is 6.92 Å². The van der Waals surface area contributed by atoms with Crippen LogP contribution in [-0.4, -0.2) is 39.1 Å². The Morgan fingerprint density at radius 1 is 1.36 bits per heavy atom. The summed E-state index contributed by atoms with van der Waals surface area (Å²) in [5.74, 6) is 1.17. The number of amides is 1. The molecule has 1 aliphatic heterocycles. The minimum absolute atomic E-state index is 0.147. The summed E-state index contributed by atoms with van der Waals surface area (Å²) in [7, 11) is 0. The van der Waals surface area contributed by atoms with Crippen LogP contribution in [0.25, 0.3) is 11.3 Å². The molecule has 2 aromatic heterocycles. The van der Waals surface area contributed by atoms with Crippen molar-refractivity contribution in [1.82, 2.24) is 14.7 Å². The molecule has 1 aromatic carbocycles. The molecular formula is C20H22N4O3S. The van der Waals surface area contributed by atoms with Crippen LogP contribution in [0.1, 0.15) is 18.6 Å². The molecule has 0 radical (unpaired) electrons. The highest BCUT2D eigenvalue weighted by Crippen LogP contribution is 2.28. The zero-order chi connectivity index (χ0) is 19.3. The predicted octanol–water partition coefficient (Wildman–Crippen LogP) is 3.76. The van der Waals surface area contributed by atoms with Crippen molar-refractivity contribution >= 4 is 23.5 Å². The number of hydrogen-bond donors (Lipinski definition) is 1. The Bertz CT molecular complexity index is 932. The van der Waals surface area contributed by atoms with Gasteiger partial charge in [-0.3, -0.25) is 4.79 Å². The summed E-state index contributed by atoms with van der Waals surface area (Å²) in [6.07, 6.45) is 4.18. The zero-order valence-corrected chi connectivity index (χ0v) is 16.4. The van der Waals surface area contributed by atoms with Gasteiger partial charge >= 0.3 is 0 Å². The molecule has 7 nitrogen and oxygen atoms in total. The molecule has 3 aromatic rings. The number of carbonyl (C=O) groups excluding carboxylic acids is 1. The van der Waals surface area contributed by atoms with Gasteiger partial charge in [-0.1, -0.05) is 47.3 Å². The van der Waals surface area contributed by atoms with Crippen LogP contribution < -0.4 is 5.32 Å². The first kappa shape index (κ1) is 18.8. The van der Waals surface area contributed by atoms with Crippen molar-refractivity contribution in [1.29, 1.82) is 0 Å². The Balaban J connectivity index is 1.49. The van der Waals surface area contributed by atoms with E-state index in [4.69, 9.17) is 9.26 Å². The van der Waals surface area contributed by atoms with E-state index in [1.807, 2.05) is 24.4 Å². The first-order valence-corrected chi connectivity index (χ1v) is 10.3. The fourth-order valence-electron chi connectivity index (χ4n) is 3.22. The highest BCUT2D eigenvalue weighted by molar-refractivity contribution is 7.99. The molecule has 1 fully saturated rings. The molecule has 0 saturated carbocycles. The van der Waals surface area contributed by atoms with Gasteiger partial charge in [0.05, 0.1) is 30.3 Å². The number of thioether (sulfide) groups is 1. The number of aryl methyl sites for hydroxylation is 1. The van der Waals surface area contributed by atoms with Crippen molar-refractivity contribution in [3.05, 3.63) is 48.4 Å². The average Bonchev–Trinajstić information content (AvgIpc) is 3.44. The number of rotatable bonds is 7. The molecular weight excluding hydrogens is 376 g/mol. The topological polar surface area (TPSA) is 82.2 Å². The van der Waals surface area contributed by atoms with E-state index in [2.05, 4.69) is 32.2 Å². The molecule has 0 bridgehead atoms. The molecule has 1 N–H and O–H groups in total. The van der Waals surface area contributed by atoms with Crippen molar-refractivity contribution in [2.24, 2.45) is 0 Å². The van der Waals surface area contributed by atoms with Crippen LogP contribution >= 0.6 is 11.8 Å². The first-order chi connectivity index (χ1) is 13.7. The SMILES string of the molecule is Cc1cc(NC(=O)CSc2ncc(-c3ccccc3)n2CC2CCCO2)no1. The molecule has 1 unspecified atom stereocenters. The van der Waals surface area contributed by atoms with E-state index in [1.165, 1.54) is 11.8 Å². The second-order valence-corrected chi connectivity index (χ2v) is 7.64. The first-order valence-electron chi connectivity index (χ1n) is 9.27. The van der Waals surface area contributed by atoms with Gasteiger partial charge in [0.15, 0.2) is 11.0 Å². The van der Waals surface area contributed by atoms with Crippen molar-refractivity contribution in [2.75, 3.05) is 17.7 Å². The van der Waals surface area contributed by atoms with Gasteiger partial charge in [0, 0.05) is 12.7 Å². The summed E-state index contributed by atoms with van der Waals surface area (Å²) >= 11 is 1.41. The second-order valence-electron chi connectivity index (χ2n) is 6.70. The molecule has 1 saturated heterocycles. The number of nitrogens with one attached hydrogen (secondary N) is 1. The number of hydrogen-bond acceptors (Lipinski definition) is 6. The van der Waals surface area contributed by atoms with E-state index < -0.39 is 0 Å². The maximum absolute atomic E-state index is 12.3. The molecule has 28 heavy (non-hydrogen) atoms. The van der Waals surface area contributed by atoms with Crippen molar-refractivity contribution in [3.63, 3.8) is 0 Å². The zero-order valence-electron chi connectivity index (χ0n) is 15.6. The second kappa shape index (κ2) is 8.62.